The summed E-state index contributed by atoms with van der Waals surface area (Å²) in [5, 5.41) is 0.102. The van der Waals surface area contributed by atoms with Crippen molar-refractivity contribution in [2.45, 2.75) is 18.7 Å². The van der Waals surface area contributed by atoms with Crippen molar-refractivity contribution in [2.75, 3.05) is 0 Å². The van der Waals surface area contributed by atoms with Crippen LogP contribution in [0.4, 0.5) is 4.39 Å². The number of benzene rings is 2. The van der Waals surface area contributed by atoms with Gasteiger partial charge in [0.1, 0.15) is 5.82 Å². The zero-order valence-corrected chi connectivity index (χ0v) is 13.4. The van der Waals surface area contributed by atoms with Crippen LogP contribution in [0.3, 0.4) is 0 Å². The highest BCUT2D eigenvalue weighted by Crippen LogP contribution is 2.32. The molecule has 2 aromatic carbocycles. The van der Waals surface area contributed by atoms with Crippen LogP contribution in [0.1, 0.15) is 22.1 Å². The highest BCUT2D eigenvalue weighted by atomic mass is 79.9. The molecule has 0 aliphatic heterocycles. The Morgan fingerprint density at radius 1 is 1.26 bits per heavy atom. The molecule has 0 spiro atoms. The zero-order valence-electron chi connectivity index (χ0n) is 10.3. The van der Waals surface area contributed by atoms with Crippen LogP contribution in [0, 0.1) is 12.7 Å². The Morgan fingerprint density at radius 3 is 2.68 bits per heavy atom. The number of hydrogen-bond donors (Lipinski definition) is 0. The molecular formula is C15H12BrCl2F. The molecule has 0 saturated heterocycles. The van der Waals surface area contributed by atoms with Crippen LogP contribution < -0.4 is 0 Å². The van der Waals surface area contributed by atoms with Gasteiger partial charge in [0.25, 0.3) is 0 Å². The molecule has 100 valence electrons. The van der Waals surface area contributed by atoms with Gasteiger partial charge in [0.05, 0.1) is 5.38 Å². The van der Waals surface area contributed by atoms with E-state index in [1.165, 1.54) is 6.07 Å². The normalized spacial score (nSPS) is 12.5. The van der Waals surface area contributed by atoms with Crippen LogP contribution in [0.2, 0.25) is 5.02 Å². The van der Waals surface area contributed by atoms with E-state index in [1.54, 1.807) is 12.1 Å². The maximum Gasteiger partial charge on any atom is 0.127 e. The zero-order chi connectivity index (χ0) is 14.0. The van der Waals surface area contributed by atoms with Gasteiger partial charge in [0.2, 0.25) is 0 Å². The molecule has 1 unspecified atom stereocenters. The van der Waals surface area contributed by atoms with Crippen molar-refractivity contribution >= 4 is 39.1 Å². The van der Waals surface area contributed by atoms with E-state index in [9.17, 15) is 4.39 Å². The number of rotatable bonds is 3. The lowest BCUT2D eigenvalue weighted by molar-refractivity contribution is 0.607. The Hall–Kier alpha value is -0.570. The molecule has 19 heavy (non-hydrogen) atoms. The first-order valence-corrected chi connectivity index (χ1v) is 7.43. The van der Waals surface area contributed by atoms with Crippen molar-refractivity contribution in [3.63, 3.8) is 0 Å². The number of hydrogen-bond acceptors (Lipinski definition) is 0. The molecule has 4 heteroatoms. The van der Waals surface area contributed by atoms with Crippen molar-refractivity contribution in [1.82, 2.24) is 0 Å². The van der Waals surface area contributed by atoms with Crippen molar-refractivity contribution < 1.29 is 4.39 Å². The molecule has 0 aromatic heterocycles. The van der Waals surface area contributed by atoms with E-state index in [2.05, 4.69) is 15.9 Å². The molecule has 2 aromatic rings. The van der Waals surface area contributed by atoms with E-state index in [0.29, 0.717) is 17.0 Å². The minimum absolute atomic E-state index is 0.313. The predicted molar refractivity (Wildman–Crippen MR) is 82.6 cm³/mol. The summed E-state index contributed by atoms with van der Waals surface area (Å²) in [6, 6.07) is 10.6. The number of aryl methyl sites for hydroxylation is 1. The fraction of sp³-hybridized carbons (Fsp3) is 0.200. The molecule has 2 rings (SSSR count). The van der Waals surface area contributed by atoms with Crippen LogP contribution in [-0.2, 0) is 6.42 Å². The van der Waals surface area contributed by atoms with E-state index >= 15 is 0 Å². The first kappa shape index (κ1) is 14.8. The lowest BCUT2D eigenvalue weighted by atomic mass is 10.00. The Morgan fingerprint density at radius 2 is 2.00 bits per heavy atom. The van der Waals surface area contributed by atoms with E-state index < -0.39 is 0 Å². The maximum absolute atomic E-state index is 13.8. The summed E-state index contributed by atoms with van der Waals surface area (Å²) in [6.45, 7) is 1.99. The van der Waals surface area contributed by atoms with Crippen LogP contribution >= 0.6 is 39.1 Å². The molecule has 0 aliphatic carbocycles. The summed E-state index contributed by atoms with van der Waals surface area (Å²) in [5.41, 5.74) is 2.52. The van der Waals surface area contributed by atoms with Crippen molar-refractivity contribution in [3.8, 4) is 0 Å². The van der Waals surface area contributed by atoms with Gasteiger partial charge in [0.15, 0.2) is 0 Å². The van der Waals surface area contributed by atoms with Gasteiger partial charge in [-0.15, -0.1) is 11.6 Å². The molecule has 0 saturated carbocycles. The van der Waals surface area contributed by atoms with Crippen LogP contribution in [-0.4, -0.2) is 0 Å². The van der Waals surface area contributed by atoms with Crippen molar-refractivity contribution in [1.29, 1.82) is 0 Å². The Bertz CT molecular complexity index is 578. The fourth-order valence-corrected chi connectivity index (χ4v) is 2.97. The Balaban J connectivity index is 2.31. The summed E-state index contributed by atoms with van der Waals surface area (Å²) in [7, 11) is 0. The third kappa shape index (κ3) is 3.50. The third-order valence-electron chi connectivity index (χ3n) is 3.02. The highest BCUT2D eigenvalue weighted by Gasteiger charge is 2.16. The Kier molecular flexibility index (Phi) is 4.88. The fourth-order valence-electron chi connectivity index (χ4n) is 1.97. The van der Waals surface area contributed by atoms with Gasteiger partial charge in [-0.3, -0.25) is 0 Å². The second-order valence-electron chi connectivity index (χ2n) is 4.37. The summed E-state index contributed by atoms with van der Waals surface area (Å²) in [5.74, 6) is -0.314. The van der Waals surface area contributed by atoms with Gasteiger partial charge in [0, 0.05) is 15.1 Å². The lowest BCUT2D eigenvalue weighted by Gasteiger charge is -2.14. The predicted octanol–water partition coefficient (Wildman–Crippen LogP) is 6.07. The summed E-state index contributed by atoms with van der Waals surface area (Å²) in [6.07, 6.45) is 0.365. The molecule has 0 N–H and O–H groups in total. The van der Waals surface area contributed by atoms with Gasteiger partial charge in [-0.05, 0) is 48.7 Å². The monoisotopic (exact) mass is 360 g/mol. The molecular weight excluding hydrogens is 350 g/mol. The standard InChI is InChI=1S/C15H12BrCl2F/c1-9-5-6-10(16)7-11(9)14(18)8-12-13(17)3-2-4-15(12)19/h2-7,14H,8H2,1H3. The third-order valence-corrected chi connectivity index (χ3v) is 4.26. The van der Waals surface area contributed by atoms with Crippen LogP contribution in [0.5, 0.6) is 0 Å². The molecule has 0 aliphatic rings. The molecule has 0 fully saturated rings. The van der Waals surface area contributed by atoms with E-state index in [1.807, 2.05) is 25.1 Å². The second-order valence-corrected chi connectivity index (χ2v) is 6.22. The Labute approximate surface area is 130 Å². The molecule has 0 nitrogen and oxygen atoms in total. The van der Waals surface area contributed by atoms with E-state index in [4.69, 9.17) is 23.2 Å². The largest absolute Gasteiger partial charge is 0.207 e. The van der Waals surface area contributed by atoms with Gasteiger partial charge in [-0.25, -0.2) is 4.39 Å². The van der Waals surface area contributed by atoms with E-state index in [-0.39, 0.29) is 11.2 Å². The summed E-state index contributed by atoms with van der Waals surface area (Å²) < 4.78 is 14.7. The minimum Gasteiger partial charge on any atom is -0.207 e. The lowest BCUT2D eigenvalue weighted by Crippen LogP contribution is -2.01. The summed E-state index contributed by atoms with van der Waals surface area (Å²) in [4.78, 5) is 0. The second kappa shape index (κ2) is 6.25. The van der Waals surface area contributed by atoms with Gasteiger partial charge >= 0.3 is 0 Å². The van der Waals surface area contributed by atoms with Gasteiger partial charge in [-0.1, -0.05) is 39.7 Å². The molecule has 0 heterocycles. The highest BCUT2D eigenvalue weighted by molar-refractivity contribution is 9.10. The molecule has 0 radical (unpaired) electrons. The maximum atomic E-state index is 13.8. The number of alkyl halides is 1. The SMILES string of the molecule is Cc1ccc(Br)cc1C(Cl)Cc1c(F)cccc1Cl. The van der Waals surface area contributed by atoms with Gasteiger partial charge in [-0.2, -0.15) is 0 Å². The molecule has 1 atom stereocenters. The van der Waals surface area contributed by atoms with Gasteiger partial charge < -0.3 is 0 Å². The first-order chi connectivity index (χ1) is 8.99. The smallest absolute Gasteiger partial charge is 0.127 e. The average molecular weight is 362 g/mol. The van der Waals surface area contributed by atoms with Crippen molar-refractivity contribution in [2.24, 2.45) is 0 Å². The topological polar surface area (TPSA) is 0 Å². The summed E-state index contributed by atoms with van der Waals surface area (Å²) >= 11 is 15.9. The quantitative estimate of drug-likeness (QED) is 0.581. The average Bonchev–Trinajstić information content (AvgIpc) is 2.37. The molecule has 0 bridgehead atoms. The molecule has 0 amide bonds. The van der Waals surface area contributed by atoms with E-state index in [0.717, 1.165) is 15.6 Å². The number of halogens is 4. The minimum atomic E-state index is -0.314. The van der Waals surface area contributed by atoms with Crippen molar-refractivity contribution in [3.05, 3.63) is 68.4 Å². The first-order valence-electron chi connectivity index (χ1n) is 5.82. The van der Waals surface area contributed by atoms with Crippen LogP contribution in [0.15, 0.2) is 40.9 Å². The van der Waals surface area contributed by atoms with Crippen LogP contribution in [0.25, 0.3) is 0 Å².